The number of rotatable bonds is 9. The highest BCUT2D eigenvalue weighted by Crippen LogP contribution is 2.51. The van der Waals surface area contributed by atoms with Crippen LogP contribution in [0.3, 0.4) is 0 Å². The molecule has 0 bridgehead atoms. The van der Waals surface area contributed by atoms with Crippen LogP contribution >= 0.6 is 0 Å². The maximum absolute atomic E-state index is 6.55. The van der Waals surface area contributed by atoms with E-state index < -0.39 is 0 Å². The Balaban J connectivity index is 1.14. The number of nitrogens with zero attached hydrogens (tertiary/aromatic N) is 2. The highest BCUT2D eigenvalue weighted by molar-refractivity contribution is 5.88. The van der Waals surface area contributed by atoms with Crippen LogP contribution in [-0.2, 0) is 0 Å². The van der Waals surface area contributed by atoms with Gasteiger partial charge in [0.25, 0.3) is 0 Å². The number of benzene rings is 2. The summed E-state index contributed by atoms with van der Waals surface area (Å²) in [5.74, 6) is 5.11. The van der Waals surface area contributed by atoms with Crippen LogP contribution in [-0.4, -0.2) is 29.1 Å². The van der Waals surface area contributed by atoms with Crippen molar-refractivity contribution in [3.05, 3.63) is 89.7 Å². The maximum atomic E-state index is 6.55. The Morgan fingerprint density at radius 3 is 2.47 bits per heavy atom. The van der Waals surface area contributed by atoms with E-state index in [1.807, 2.05) is 0 Å². The predicted octanol–water partition coefficient (Wildman–Crippen LogP) is 13.9. The maximum Gasteiger partial charge on any atom is 0.137 e. The molecule has 3 aromatic rings. The summed E-state index contributed by atoms with van der Waals surface area (Å²) in [5.41, 5.74) is 6.43. The van der Waals surface area contributed by atoms with E-state index >= 15 is 0 Å². The zero-order valence-corrected chi connectivity index (χ0v) is 33.7. The van der Waals surface area contributed by atoms with Gasteiger partial charge in [0.2, 0.25) is 0 Å². The van der Waals surface area contributed by atoms with Crippen molar-refractivity contribution in [1.82, 2.24) is 4.90 Å². The number of furan rings is 1. The molecule has 1 aromatic heterocycles. The number of aryl methyl sites for hydroxylation is 1. The standard InChI is InChI=1S/C50H68N2O/c1-6-8-26-49-35(4)43-28-27-41(33-50(43)53-49)52(47-25-16-19-37-18-13-14-24-45(37)47)40-23-15-20-38(32-40)42-29-30-46-44(17-7-2)36(5)51(48(46)31-34(42)3)39-21-11-9-10-12-22-39/h8,13-15,18,20,23-24,26-28,32-34,36-37,39,42,44-48H,6-7,9-12,16-17,19,21-22,25,29-31H2,1-5H3/b26-8-. The summed E-state index contributed by atoms with van der Waals surface area (Å²) in [7, 11) is 0. The monoisotopic (exact) mass is 713 g/mol. The van der Waals surface area contributed by atoms with E-state index in [-0.39, 0.29) is 0 Å². The van der Waals surface area contributed by atoms with Crippen molar-refractivity contribution in [1.29, 1.82) is 0 Å². The van der Waals surface area contributed by atoms with Crippen molar-refractivity contribution in [3.63, 3.8) is 0 Å². The van der Waals surface area contributed by atoms with Gasteiger partial charge >= 0.3 is 0 Å². The summed E-state index contributed by atoms with van der Waals surface area (Å²) in [6.45, 7) is 12.1. The average molecular weight is 713 g/mol. The van der Waals surface area contributed by atoms with E-state index in [0.29, 0.717) is 29.7 Å². The third-order valence-electron chi connectivity index (χ3n) is 14.9. The zero-order chi connectivity index (χ0) is 36.5. The summed E-state index contributed by atoms with van der Waals surface area (Å²) in [6.07, 6.45) is 34.1. The largest absolute Gasteiger partial charge is 0.456 e. The molecule has 1 saturated heterocycles. The van der Waals surface area contributed by atoms with Crippen LogP contribution in [0.15, 0.2) is 77.3 Å². The fraction of sp³-hybridized carbons (Fsp3) is 0.600. The molecule has 0 spiro atoms. The van der Waals surface area contributed by atoms with Gasteiger partial charge in [-0.25, -0.2) is 0 Å². The molecule has 3 heteroatoms. The average Bonchev–Trinajstić information content (AvgIpc) is 3.37. The second kappa shape index (κ2) is 16.4. The van der Waals surface area contributed by atoms with Gasteiger partial charge in [-0.2, -0.15) is 0 Å². The molecule has 4 aliphatic carbocycles. The molecule has 8 rings (SSSR count). The van der Waals surface area contributed by atoms with Gasteiger partial charge in [-0.15, -0.1) is 0 Å². The lowest BCUT2D eigenvalue weighted by Crippen LogP contribution is -2.45. The molecule has 3 saturated carbocycles. The third-order valence-corrected chi connectivity index (χ3v) is 14.9. The number of hydrogen-bond acceptors (Lipinski definition) is 3. The Hall–Kier alpha value is -3.04. The van der Waals surface area contributed by atoms with Crippen LogP contribution in [0.5, 0.6) is 0 Å². The lowest BCUT2D eigenvalue weighted by atomic mass is 9.73. The quantitative estimate of drug-likeness (QED) is 0.206. The molecule has 9 unspecified atom stereocenters. The van der Waals surface area contributed by atoms with Crippen molar-refractivity contribution in [2.24, 2.45) is 29.6 Å². The molecule has 0 radical (unpaired) electrons. The molecule has 53 heavy (non-hydrogen) atoms. The Morgan fingerprint density at radius 1 is 0.849 bits per heavy atom. The number of allylic oxidation sites excluding steroid dienone is 4. The molecular formula is C50H68N2O. The molecule has 4 fully saturated rings. The third kappa shape index (κ3) is 7.26. The second-order valence-corrected chi connectivity index (χ2v) is 18.0. The van der Waals surface area contributed by atoms with Gasteiger partial charge in [-0.05, 0) is 137 Å². The van der Waals surface area contributed by atoms with Crippen LogP contribution in [0, 0.1) is 36.5 Å². The lowest BCUT2D eigenvalue weighted by molar-refractivity contribution is 0.0961. The number of likely N-dealkylation sites (tertiary alicyclic amines) is 1. The van der Waals surface area contributed by atoms with Crippen LogP contribution < -0.4 is 4.90 Å². The zero-order valence-electron chi connectivity index (χ0n) is 33.7. The van der Waals surface area contributed by atoms with Crippen LogP contribution in [0.1, 0.15) is 147 Å². The SMILES string of the molecule is CC/C=C\c1oc2cc(N(c3cccc(C4CCC5C(CCC)C(C)N(C6CCCCCC6)C5CC4C)c3)C3CCCC4C=CC=CC43)ccc2c1C. The molecule has 1 aliphatic heterocycles. The highest BCUT2D eigenvalue weighted by Gasteiger charge is 2.50. The first-order valence-electron chi connectivity index (χ1n) is 22.2. The van der Waals surface area contributed by atoms with Gasteiger partial charge in [0.1, 0.15) is 11.3 Å². The molecule has 9 atom stereocenters. The first-order valence-corrected chi connectivity index (χ1v) is 22.2. The minimum absolute atomic E-state index is 0.411. The van der Waals surface area contributed by atoms with E-state index in [2.05, 4.69) is 123 Å². The van der Waals surface area contributed by atoms with E-state index in [4.69, 9.17) is 4.42 Å². The smallest absolute Gasteiger partial charge is 0.137 e. The Labute approximate surface area is 322 Å². The molecule has 2 aromatic carbocycles. The van der Waals surface area contributed by atoms with Crippen LogP contribution in [0.25, 0.3) is 17.0 Å². The van der Waals surface area contributed by atoms with E-state index in [1.165, 1.54) is 112 Å². The normalized spacial score (nSPS) is 32.5. The molecule has 0 amide bonds. The minimum Gasteiger partial charge on any atom is -0.456 e. The Bertz CT molecular complexity index is 1770. The van der Waals surface area contributed by atoms with E-state index in [1.54, 1.807) is 5.56 Å². The number of anilines is 2. The second-order valence-electron chi connectivity index (χ2n) is 18.0. The summed E-state index contributed by atoms with van der Waals surface area (Å²) in [4.78, 5) is 5.86. The molecule has 5 aliphatic rings. The Kier molecular flexibility index (Phi) is 11.4. The Morgan fingerprint density at radius 2 is 1.66 bits per heavy atom. The molecule has 0 N–H and O–H groups in total. The summed E-state index contributed by atoms with van der Waals surface area (Å²) in [5, 5.41) is 1.23. The number of hydrogen-bond donors (Lipinski definition) is 0. The first-order chi connectivity index (χ1) is 26.0. The summed E-state index contributed by atoms with van der Waals surface area (Å²) < 4.78 is 6.55. The van der Waals surface area contributed by atoms with Crippen molar-refractivity contribution in [3.8, 4) is 0 Å². The van der Waals surface area contributed by atoms with Gasteiger partial charge in [-0.3, -0.25) is 4.90 Å². The fourth-order valence-electron chi connectivity index (χ4n) is 12.4. The molecular weight excluding hydrogens is 645 g/mol. The summed E-state index contributed by atoms with van der Waals surface area (Å²) >= 11 is 0. The fourth-order valence-corrected chi connectivity index (χ4v) is 12.4. The van der Waals surface area contributed by atoms with Gasteiger partial charge in [-0.1, -0.05) is 102 Å². The van der Waals surface area contributed by atoms with Crippen LogP contribution in [0.2, 0.25) is 0 Å². The van der Waals surface area contributed by atoms with Crippen molar-refractivity contribution in [2.75, 3.05) is 4.90 Å². The van der Waals surface area contributed by atoms with Gasteiger partial charge in [0.05, 0.1) is 0 Å². The van der Waals surface area contributed by atoms with Crippen molar-refractivity contribution in [2.45, 2.75) is 161 Å². The highest BCUT2D eigenvalue weighted by atomic mass is 16.3. The van der Waals surface area contributed by atoms with Gasteiger partial charge < -0.3 is 9.32 Å². The van der Waals surface area contributed by atoms with E-state index in [9.17, 15) is 0 Å². The van der Waals surface area contributed by atoms with Crippen molar-refractivity contribution >= 4 is 28.4 Å². The minimum atomic E-state index is 0.411. The lowest BCUT2D eigenvalue weighted by Gasteiger charge is -2.44. The van der Waals surface area contributed by atoms with Gasteiger partial charge in [0, 0.05) is 58.5 Å². The summed E-state index contributed by atoms with van der Waals surface area (Å²) in [6, 6.07) is 19.7. The molecule has 3 nitrogen and oxygen atoms in total. The number of fused-ring (bicyclic) bond motifs is 3. The molecule has 2 heterocycles. The first kappa shape index (κ1) is 36.9. The van der Waals surface area contributed by atoms with Crippen LogP contribution in [0.4, 0.5) is 11.4 Å². The predicted molar refractivity (Wildman–Crippen MR) is 226 cm³/mol. The topological polar surface area (TPSA) is 19.6 Å². The van der Waals surface area contributed by atoms with Gasteiger partial charge in [0.15, 0.2) is 0 Å². The van der Waals surface area contributed by atoms with E-state index in [0.717, 1.165) is 47.7 Å². The van der Waals surface area contributed by atoms with Crippen molar-refractivity contribution < 1.29 is 4.42 Å². The molecule has 284 valence electrons.